The molecule has 0 atom stereocenters. The Balaban J connectivity index is 2.67. The number of hydrogen-bond donors (Lipinski definition) is 2. The van der Waals surface area contributed by atoms with Crippen LogP contribution in [-0.4, -0.2) is 15.5 Å². The van der Waals surface area contributed by atoms with E-state index in [2.05, 4.69) is 30.3 Å². The van der Waals surface area contributed by atoms with Crippen LogP contribution in [0.2, 0.25) is 0 Å². The lowest BCUT2D eigenvalue weighted by Crippen LogP contribution is -2.18. The number of nitrogens with two attached hydrogens (primary N) is 1. The van der Waals surface area contributed by atoms with E-state index in [9.17, 15) is 4.79 Å². The quantitative estimate of drug-likeness (QED) is 0.627. The molecule has 0 aliphatic rings. The van der Waals surface area contributed by atoms with Crippen molar-refractivity contribution in [1.82, 2.24) is 9.55 Å². The minimum Gasteiger partial charge on any atom is -0.370 e. The van der Waals surface area contributed by atoms with Crippen molar-refractivity contribution in [3.05, 3.63) is 16.7 Å². The molecule has 0 fully saturated rings. The van der Waals surface area contributed by atoms with E-state index >= 15 is 0 Å². The molecule has 1 aromatic rings. The van der Waals surface area contributed by atoms with Crippen molar-refractivity contribution in [3.8, 4) is 0 Å². The first kappa shape index (κ1) is 14.0. The first-order valence-corrected chi connectivity index (χ1v) is 6.30. The molecular formula is C12H21N3OS. The molecule has 96 valence electrons. The Bertz CT molecular complexity index is 439. The van der Waals surface area contributed by atoms with Gasteiger partial charge in [0, 0.05) is 30.3 Å². The van der Waals surface area contributed by atoms with E-state index < -0.39 is 0 Å². The molecule has 0 spiro atoms. The number of carbonyl (C=O) groups excluding carboxylic acids is 1. The van der Waals surface area contributed by atoms with Crippen molar-refractivity contribution in [2.75, 3.05) is 0 Å². The minimum absolute atomic E-state index is 0.0667. The van der Waals surface area contributed by atoms with Crippen LogP contribution in [0, 0.1) is 4.77 Å². The third-order valence-electron chi connectivity index (χ3n) is 2.69. The van der Waals surface area contributed by atoms with Crippen LogP contribution in [0.3, 0.4) is 0 Å². The van der Waals surface area contributed by atoms with E-state index in [1.807, 2.05) is 6.20 Å². The molecule has 0 saturated heterocycles. The van der Waals surface area contributed by atoms with Crippen LogP contribution in [0.15, 0.2) is 6.20 Å². The number of aromatic amines is 1. The summed E-state index contributed by atoms with van der Waals surface area (Å²) in [5, 5.41) is 0. The summed E-state index contributed by atoms with van der Waals surface area (Å²) in [4.78, 5) is 13.7. The summed E-state index contributed by atoms with van der Waals surface area (Å²) >= 11 is 5.26. The number of imidazole rings is 1. The highest BCUT2D eigenvalue weighted by atomic mass is 32.1. The standard InChI is InChI=1S/C12H21N3OS/c1-12(2,3)9-8-14-11(17)15(9)7-5-4-6-10(13)16/h8H,4-7H2,1-3H3,(H2,13,16)(H,14,17). The number of rotatable bonds is 5. The monoisotopic (exact) mass is 255 g/mol. The zero-order valence-electron chi connectivity index (χ0n) is 10.7. The van der Waals surface area contributed by atoms with Crippen LogP contribution < -0.4 is 5.73 Å². The zero-order chi connectivity index (χ0) is 13.1. The number of amides is 1. The van der Waals surface area contributed by atoms with Gasteiger partial charge in [-0.05, 0) is 25.1 Å². The maximum Gasteiger partial charge on any atom is 0.217 e. The summed E-state index contributed by atoms with van der Waals surface area (Å²) in [6.45, 7) is 7.31. The molecule has 1 rings (SSSR count). The molecule has 0 bridgehead atoms. The van der Waals surface area contributed by atoms with Crippen molar-refractivity contribution >= 4 is 18.1 Å². The average molecular weight is 255 g/mol. The van der Waals surface area contributed by atoms with Gasteiger partial charge in [-0.2, -0.15) is 0 Å². The molecule has 1 amide bonds. The smallest absolute Gasteiger partial charge is 0.217 e. The number of primary amides is 1. The van der Waals surface area contributed by atoms with Crippen molar-refractivity contribution in [3.63, 3.8) is 0 Å². The fourth-order valence-electron chi connectivity index (χ4n) is 1.81. The lowest BCUT2D eigenvalue weighted by molar-refractivity contribution is -0.118. The van der Waals surface area contributed by atoms with Crippen molar-refractivity contribution in [2.24, 2.45) is 5.73 Å². The second-order valence-corrected chi connectivity index (χ2v) is 5.69. The van der Waals surface area contributed by atoms with Crippen molar-refractivity contribution in [1.29, 1.82) is 0 Å². The van der Waals surface area contributed by atoms with E-state index in [0.717, 1.165) is 24.2 Å². The molecule has 0 aliphatic carbocycles. The highest BCUT2D eigenvalue weighted by Gasteiger charge is 2.18. The number of nitrogens with one attached hydrogen (secondary N) is 1. The van der Waals surface area contributed by atoms with E-state index in [1.165, 1.54) is 5.69 Å². The molecule has 1 aromatic heterocycles. The molecule has 0 unspecified atom stereocenters. The fraction of sp³-hybridized carbons (Fsp3) is 0.667. The van der Waals surface area contributed by atoms with Gasteiger partial charge in [0.2, 0.25) is 5.91 Å². The third kappa shape index (κ3) is 4.00. The van der Waals surface area contributed by atoms with Crippen molar-refractivity contribution < 1.29 is 4.79 Å². The number of hydrogen-bond acceptors (Lipinski definition) is 2. The lowest BCUT2D eigenvalue weighted by Gasteiger charge is -2.20. The van der Waals surface area contributed by atoms with Crippen LogP contribution in [-0.2, 0) is 16.8 Å². The molecule has 0 aromatic carbocycles. The van der Waals surface area contributed by atoms with Gasteiger partial charge in [-0.25, -0.2) is 0 Å². The Morgan fingerprint density at radius 3 is 2.65 bits per heavy atom. The molecular weight excluding hydrogens is 234 g/mol. The summed E-state index contributed by atoms with van der Waals surface area (Å²) in [6, 6.07) is 0. The number of H-pyrrole nitrogens is 1. The predicted octanol–water partition coefficient (Wildman–Crippen LogP) is 2.50. The summed E-state index contributed by atoms with van der Waals surface area (Å²) < 4.78 is 2.85. The Kier molecular flexibility index (Phi) is 4.51. The number of unbranched alkanes of at least 4 members (excludes halogenated alkanes) is 1. The van der Waals surface area contributed by atoms with E-state index in [-0.39, 0.29) is 11.3 Å². The second-order valence-electron chi connectivity index (χ2n) is 5.30. The third-order valence-corrected chi connectivity index (χ3v) is 3.03. The Morgan fingerprint density at radius 2 is 2.12 bits per heavy atom. The zero-order valence-corrected chi connectivity index (χ0v) is 11.6. The van der Waals surface area contributed by atoms with E-state index in [4.69, 9.17) is 18.0 Å². The normalized spacial score (nSPS) is 11.7. The SMILES string of the molecule is CC(C)(C)c1c[nH]c(=S)n1CCCCC(N)=O. The topological polar surface area (TPSA) is 63.8 Å². The minimum atomic E-state index is -0.237. The van der Waals surface area contributed by atoms with Gasteiger partial charge in [0.15, 0.2) is 4.77 Å². The maximum atomic E-state index is 10.6. The fourth-order valence-corrected chi connectivity index (χ4v) is 2.06. The lowest BCUT2D eigenvalue weighted by atomic mass is 9.92. The van der Waals surface area contributed by atoms with Crippen LogP contribution in [0.1, 0.15) is 45.7 Å². The van der Waals surface area contributed by atoms with Gasteiger partial charge >= 0.3 is 0 Å². The predicted molar refractivity (Wildman–Crippen MR) is 71.4 cm³/mol. The Morgan fingerprint density at radius 1 is 1.47 bits per heavy atom. The second kappa shape index (κ2) is 5.49. The highest BCUT2D eigenvalue weighted by molar-refractivity contribution is 7.71. The molecule has 1 heterocycles. The van der Waals surface area contributed by atoms with E-state index in [1.54, 1.807) is 0 Å². The van der Waals surface area contributed by atoms with E-state index in [0.29, 0.717) is 6.42 Å². The van der Waals surface area contributed by atoms with Crippen LogP contribution in [0.4, 0.5) is 0 Å². The van der Waals surface area contributed by atoms with Gasteiger partial charge in [0.25, 0.3) is 0 Å². The van der Waals surface area contributed by atoms with Gasteiger partial charge in [-0.1, -0.05) is 20.8 Å². The molecule has 17 heavy (non-hydrogen) atoms. The van der Waals surface area contributed by atoms with Gasteiger partial charge in [0.1, 0.15) is 0 Å². The molecule has 0 saturated carbocycles. The largest absolute Gasteiger partial charge is 0.370 e. The number of aromatic nitrogens is 2. The summed E-state index contributed by atoms with van der Waals surface area (Å²) in [5.74, 6) is -0.237. The Hall–Kier alpha value is -1.10. The van der Waals surface area contributed by atoms with Crippen LogP contribution in [0.5, 0.6) is 0 Å². The Labute approximate surface area is 107 Å². The number of nitrogens with zero attached hydrogens (tertiary/aromatic N) is 1. The van der Waals surface area contributed by atoms with Gasteiger partial charge < -0.3 is 15.3 Å². The first-order chi connectivity index (χ1) is 7.82. The number of carbonyl (C=O) groups is 1. The molecule has 5 heteroatoms. The molecule has 3 N–H and O–H groups in total. The maximum absolute atomic E-state index is 10.6. The van der Waals surface area contributed by atoms with Crippen molar-refractivity contribution in [2.45, 2.75) is 52.0 Å². The molecule has 0 aliphatic heterocycles. The van der Waals surface area contributed by atoms with Gasteiger partial charge in [0.05, 0.1) is 0 Å². The first-order valence-electron chi connectivity index (χ1n) is 5.89. The molecule has 4 nitrogen and oxygen atoms in total. The summed E-state index contributed by atoms with van der Waals surface area (Å²) in [7, 11) is 0. The average Bonchev–Trinajstić information content (AvgIpc) is 2.54. The van der Waals surface area contributed by atoms with Gasteiger partial charge in [-0.3, -0.25) is 4.79 Å². The molecule has 0 radical (unpaired) electrons. The van der Waals surface area contributed by atoms with Crippen LogP contribution in [0.25, 0.3) is 0 Å². The highest BCUT2D eigenvalue weighted by Crippen LogP contribution is 2.22. The van der Waals surface area contributed by atoms with Gasteiger partial charge in [-0.15, -0.1) is 0 Å². The summed E-state index contributed by atoms with van der Waals surface area (Å²) in [5.41, 5.74) is 6.37. The summed E-state index contributed by atoms with van der Waals surface area (Å²) in [6.07, 6.45) is 4.14. The van der Waals surface area contributed by atoms with Crippen LogP contribution >= 0.6 is 12.2 Å².